The lowest BCUT2D eigenvalue weighted by Crippen LogP contribution is -2.49. The minimum atomic E-state index is -0.832. The first kappa shape index (κ1) is 30.9. The summed E-state index contributed by atoms with van der Waals surface area (Å²) in [5.74, 6) is 0.188. The molecule has 40 heavy (non-hydrogen) atoms. The number of nitriles is 1. The first-order chi connectivity index (χ1) is 19.3. The van der Waals surface area contributed by atoms with E-state index in [0.717, 1.165) is 42.5 Å². The summed E-state index contributed by atoms with van der Waals surface area (Å²) in [7, 11) is 1.59. The Hall–Kier alpha value is -2.03. The first-order valence-electron chi connectivity index (χ1n) is 13.6. The fourth-order valence-corrected chi connectivity index (χ4v) is 7.12. The van der Waals surface area contributed by atoms with Crippen LogP contribution in [-0.4, -0.2) is 61.1 Å². The summed E-state index contributed by atoms with van der Waals surface area (Å²) in [6.45, 7) is 1.58. The van der Waals surface area contributed by atoms with Gasteiger partial charge in [0.1, 0.15) is 23.7 Å². The molecule has 0 aromatic heterocycles. The third kappa shape index (κ3) is 8.26. The summed E-state index contributed by atoms with van der Waals surface area (Å²) in [6.07, 6.45) is 5.40. The average molecular weight is 609 g/mol. The van der Waals surface area contributed by atoms with Gasteiger partial charge in [0, 0.05) is 48.3 Å². The molecule has 0 bridgehead atoms. The molecule has 1 atom stereocenters. The van der Waals surface area contributed by atoms with Gasteiger partial charge >= 0.3 is 0 Å². The predicted molar refractivity (Wildman–Crippen MR) is 158 cm³/mol. The Bertz CT molecular complexity index is 1180. The largest absolute Gasteiger partial charge is 0.379 e. The number of ether oxygens (including phenoxy) is 1. The number of hydrogen-bond acceptors (Lipinski definition) is 7. The number of halogens is 3. The van der Waals surface area contributed by atoms with Crippen LogP contribution in [0.2, 0.25) is 5.02 Å². The number of nitrogens with one attached hydrogen (secondary N) is 2. The lowest BCUT2D eigenvalue weighted by Gasteiger charge is -2.35. The van der Waals surface area contributed by atoms with Crippen LogP contribution in [0.3, 0.4) is 0 Å². The van der Waals surface area contributed by atoms with Gasteiger partial charge in [0.2, 0.25) is 0 Å². The maximum absolute atomic E-state index is 13.3. The van der Waals surface area contributed by atoms with Crippen molar-refractivity contribution in [3.8, 4) is 6.07 Å². The number of nitrogens with zero attached hydrogens (tertiary/aromatic N) is 2. The Labute approximate surface area is 248 Å². The molecule has 1 aliphatic carbocycles. The third-order valence-corrected chi connectivity index (χ3v) is 9.71. The Morgan fingerprint density at radius 2 is 1.90 bits per heavy atom. The van der Waals surface area contributed by atoms with E-state index in [0.29, 0.717) is 65.8 Å². The van der Waals surface area contributed by atoms with Gasteiger partial charge in [-0.1, -0.05) is 37.3 Å². The Balaban J connectivity index is 1.43. The zero-order valence-electron chi connectivity index (χ0n) is 22.6. The van der Waals surface area contributed by atoms with Crippen molar-refractivity contribution in [1.82, 2.24) is 9.62 Å². The molecule has 0 spiro atoms. The van der Waals surface area contributed by atoms with Crippen LogP contribution in [0.15, 0.2) is 46.2 Å². The highest BCUT2D eigenvalue weighted by Gasteiger charge is 2.38. The number of methoxy groups -OCH3 is 1. The van der Waals surface area contributed by atoms with Crippen LogP contribution in [0.4, 0.5) is 14.5 Å². The van der Waals surface area contributed by atoms with Crippen molar-refractivity contribution >= 4 is 46.9 Å². The van der Waals surface area contributed by atoms with E-state index in [4.69, 9.17) is 16.3 Å². The summed E-state index contributed by atoms with van der Waals surface area (Å²) >= 11 is 9.38. The zero-order valence-corrected chi connectivity index (χ0v) is 24.9. The fraction of sp³-hybridized carbons (Fsp3) is 0.517. The monoisotopic (exact) mass is 608 g/mol. The normalized spacial score (nSPS) is 18.3. The SMILES string of the molecule is COC1(C(=O)NSc2cc(Cl)c(NC(CCN3CC(F)C3)CSc3ccc(F)cc3)c(C#N)c2)CCCCCC1. The van der Waals surface area contributed by atoms with E-state index >= 15 is 0 Å². The molecule has 2 aliphatic rings. The van der Waals surface area contributed by atoms with E-state index in [2.05, 4.69) is 21.0 Å². The maximum Gasteiger partial charge on any atom is 0.262 e. The number of thioether (sulfide) groups is 1. The fourth-order valence-electron chi connectivity index (χ4n) is 5.05. The van der Waals surface area contributed by atoms with Crippen molar-refractivity contribution in [2.24, 2.45) is 0 Å². The number of benzene rings is 2. The van der Waals surface area contributed by atoms with Crippen molar-refractivity contribution in [2.45, 2.75) is 72.6 Å². The van der Waals surface area contributed by atoms with E-state index in [-0.39, 0.29) is 17.8 Å². The van der Waals surface area contributed by atoms with E-state index in [1.807, 2.05) is 0 Å². The van der Waals surface area contributed by atoms with Crippen LogP contribution >= 0.6 is 35.3 Å². The second-order valence-corrected chi connectivity index (χ2v) is 12.7. The highest BCUT2D eigenvalue weighted by atomic mass is 35.5. The minimum absolute atomic E-state index is 0.0756. The Morgan fingerprint density at radius 1 is 1.20 bits per heavy atom. The van der Waals surface area contributed by atoms with E-state index in [1.165, 1.54) is 12.1 Å². The van der Waals surface area contributed by atoms with E-state index < -0.39 is 11.8 Å². The smallest absolute Gasteiger partial charge is 0.262 e. The lowest BCUT2D eigenvalue weighted by molar-refractivity contribution is -0.143. The van der Waals surface area contributed by atoms with Gasteiger partial charge in [-0.05, 0) is 67.6 Å². The van der Waals surface area contributed by atoms with Gasteiger partial charge in [-0.3, -0.25) is 14.4 Å². The third-order valence-electron chi connectivity index (χ3n) is 7.48. The zero-order chi connectivity index (χ0) is 28.5. The molecule has 2 aromatic rings. The minimum Gasteiger partial charge on any atom is -0.379 e. The number of alkyl halides is 1. The number of amides is 1. The summed E-state index contributed by atoms with van der Waals surface area (Å²) in [4.78, 5) is 16.7. The molecule has 1 aliphatic heterocycles. The van der Waals surface area contributed by atoms with Crippen LogP contribution in [0.1, 0.15) is 50.5 Å². The molecule has 1 saturated heterocycles. The molecule has 1 saturated carbocycles. The molecular weight excluding hydrogens is 574 g/mol. The second-order valence-electron chi connectivity index (χ2n) is 10.3. The van der Waals surface area contributed by atoms with Crippen molar-refractivity contribution in [3.63, 3.8) is 0 Å². The van der Waals surface area contributed by atoms with Crippen LogP contribution in [0.25, 0.3) is 0 Å². The van der Waals surface area contributed by atoms with Gasteiger partial charge < -0.3 is 10.1 Å². The molecule has 6 nitrogen and oxygen atoms in total. The lowest BCUT2D eigenvalue weighted by atomic mass is 9.93. The summed E-state index contributed by atoms with van der Waals surface area (Å²) < 4.78 is 35.3. The molecule has 11 heteroatoms. The van der Waals surface area contributed by atoms with Gasteiger partial charge in [-0.15, -0.1) is 11.8 Å². The Kier molecular flexibility index (Phi) is 11.4. The second kappa shape index (κ2) is 14.7. The molecule has 1 amide bonds. The molecule has 2 fully saturated rings. The Morgan fingerprint density at radius 3 is 2.52 bits per heavy atom. The van der Waals surface area contributed by atoms with E-state index in [1.54, 1.807) is 43.1 Å². The quantitative estimate of drug-likeness (QED) is 0.155. The van der Waals surface area contributed by atoms with Gasteiger partial charge in [-0.25, -0.2) is 8.78 Å². The molecule has 0 radical (unpaired) electrons. The standard InChI is InChI=1S/C29H35ClF2N4O2S2/c1-38-29(11-4-2-3-5-12-29)28(37)35-40-25-14-20(16-33)27(26(30)15-25)34-23(10-13-36-17-22(32)18-36)19-39-24-8-6-21(31)7-9-24/h6-9,14-15,22-23,34H,2-5,10-13,17-19H2,1H3,(H,35,37). The highest BCUT2D eigenvalue weighted by molar-refractivity contribution is 7.99. The molecule has 216 valence electrons. The average Bonchev–Trinajstić information content (AvgIpc) is 3.20. The topological polar surface area (TPSA) is 77.4 Å². The molecule has 2 aromatic carbocycles. The van der Waals surface area contributed by atoms with Crippen molar-refractivity contribution in [1.29, 1.82) is 5.26 Å². The van der Waals surface area contributed by atoms with Gasteiger partial charge in [0.25, 0.3) is 5.91 Å². The van der Waals surface area contributed by atoms with Gasteiger partial charge in [0.15, 0.2) is 0 Å². The predicted octanol–water partition coefficient (Wildman–Crippen LogP) is 6.83. The van der Waals surface area contributed by atoms with Gasteiger partial charge in [-0.2, -0.15) is 5.26 Å². The van der Waals surface area contributed by atoms with Crippen molar-refractivity contribution in [3.05, 3.63) is 52.8 Å². The van der Waals surface area contributed by atoms with Crippen LogP contribution in [0, 0.1) is 17.1 Å². The number of carbonyl (C=O) groups is 1. The molecular formula is C29H35ClF2N4O2S2. The first-order valence-corrected chi connectivity index (χ1v) is 15.8. The summed E-state index contributed by atoms with van der Waals surface area (Å²) in [5, 5.41) is 13.8. The number of hydrogen-bond donors (Lipinski definition) is 2. The van der Waals surface area contributed by atoms with E-state index in [9.17, 15) is 18.8 Å². The molecule has 1 heterocycles. The van der Waals surface area contributed by atoms with Crippen molar-refractivity contribution < 1.29 is 18.3 Å². The molecule has 4 rings (SSSR count). The summed E-state index contributed by atoms with van der Waals surface area (Å²) in [6, 6.07) is 11.9. The molecule has 1 unspecified atom stereocenters. The number of carbonyl (C=O) groups excluding carboxylic acids is 1. The highest BCUT2D eigenvalue weighted by Crippen LogP contribution is 2.35. The summed E-state index contributed by atoms with van der Waals surface area (Å²) in [5.41, 5.74) is 0.0549. The van der Waals surface area contributed by atoms with Crippen LogP contribution in [-0.2, 0) is 9.53 Å². The van der Waals surface area contributed by atoms with Crippen molar-refractivity contribution in [2.75, 3.05) is 37.8 Å². The maximum atomic E-state index is 13.3. The molecule has 2 N–H and O–H groups in total. The van der Waals surface area contributed by atoms with Gasteiger partial charge in [0.05, 0.1) is 16.3 Å². The van der Waals surface area contributed by atoms with Crippen LogP contribution < -0.4 is 10.0 Å². The number of likely N-dealkylation sites (tertiary alicyclic amines) is 1. The van der Waals surface area contributed by atoms with Crippen LogP contribution in [0.5, 0.6) is 0 Å². The number of rotatable bonds is 12. The number of anilines is 1.